The summed E-state index contributed by atoms with van der Waals surface area (Å²) in [6, 6.07) is -0.621. The summed E-state index contributed by atoms with van der Waals surface area (Å²) in [6.07, 6.45) is 105. The van der Waals surface area contributed by atoms with Gasteiger partial charge in [0.15, 0.2) is 0 Å². The topological polar surface area (TPSA) is 69.6 Å². The van der Waals surface area contributed by atoms with Crippen LogP contribution in [0.2, 0.25) is 0 Å². The predicted octanol–water partition coefficient (Wildman–Crippen LogP) is 27.3. The Labute approximate surface area is 529 Å². The maximum atomic E-state index is 12.6. The molecule has 1 amide bonds. The van der Waals surface area contributed by atoms with E-state index in [0.29, 0.717) is 6.42 Å². The molecule has 0 aromatic carbocycles. The molecule has 0 bridgehead atoms. The van der Waals surface area contributed by atoms with Gasteiger partial charge in [-0.15, -0.1) is 0 Å². The lowest BCUT2D eigenvalue weighted by atomic mass is 10.0. The van der Waals surface area contributed by atoms with Crippen molar-refractivity contribution in [3.8, 4) is 0 Å². The second-order valence-electron chi connectivity index (χ2n) is 27.5. The first-order valence-corrected chi connectivity index (χ1v) is 39.6. The Morgan fingerprint density at radius 1 is 0.274 bits per heavy atom. The minimum absolute atomic E-state index is 0.0527. The molecule has 0 saturated carbocycles. The maximum Gasteiger partial charge on any atom is 0.220 e. The summed E-state index contributed by atoms with van der Waals surface area (Å²) >= 11 is 0. The molecular formula is C80H157NO3. The van der Waals surface area contributed by atoms with Gasteiger partial charge in [-0.25, -0.2) is 0 Å². The fourth-order valence-corrected chi connectivity index (χ4v) is 12.9. The molecule has 0 fully saturated rings. The fraction of sp³-hybridized carbons (Fsp3) is 0.938. The predicted molar refractivity (Wildman–Crippen MR) is 378 cm³/mol. The van der Waals surface area contributed by atoms with E-state index in [0.717, 1.165) is 25.7 Å². The molecule has 2 unspecified atom stereocenters. The van der Waals surface area contributed by atoms with Crippen LogP contribution in [0.3, 0.4) is 0 Å². The fourth-order valence-electron chi connectivity index (χ4n) is 12.9. The highest BCUT2D eigenvalue weighted by Gasteiger charge is 2.18. The third kappa shape index (κ3) is 71.6. The number of aliphatic hydroxyl groups is 2. The lowest BCUT2D eigenvalue weighted by Gasteiger charge is -2.20. The molecule has 4 nitrogen and oxygen atoms in total. The normalized spacial score (nSPS) is 12.7. The zero-order valence-corrected chi connectivity index (χ0v) is 58.0. The summed E-state index contributed by atoms with van der Waals surface area (Å²) in [5, 5.41) is 23.4. The molecule has 0 saturated heterocycles. The maximum absolute atomic E-state index is 12.6. The molecule has 500 valence electrons. The van der Waals surface area contributed by atoms with Crippen LogP contribution in [0, 0.1) is 0 Å². The number of unbranched alkanes of at least 4 members (excludes halogenated alkanes) is 66. The van der Waals surface area contributed by atoms with Gasteiger partial charge >= 0.3 is 0 Å². The van der Waals surface area contributed by atoms with Crippen molar-refractivity contribution in [3.05, 3.63) is 24.3 Å². The Kier molecular flexibility index (Phi) is 75.1. The SMILES string of the molecule is CCCCCCCCCC/C=C\CCCCCCCCCCCCCCCCCCCCCCCCCCCCCC(=O)NC(CO)C(O)/C=C/CCCCCCCCCCCCCCCCCCCCCCCCCCCCCCCCC. The molecule has 0 heterocycles. The quantitative estimate of drug-likeness (QED) is 0.0420. The van der Waals surface area contributed by atoms with Gasteiger partial charge in [0.1, 0.15) is 0 Å². The van der Waals surface area contributed by atoms with Crippen LogP contribution in [-0.4, -0.2) is 34.9 Å². The molecular weight excluding hydrogens is 1020 g/mol. The minimum atomic E-state index is -0.839. The van der Waals surface area contributed by atoms with E-state index in [2.05, 4.69) is 31.3 Å². The van der Waals surface area contributed by atoms with Gasteiger partial charge in [-0.3, -0.25) is 4.79 Å². The molecule has 0 spiro atoms. The number of amides is 1. The standard InChI is InChI=1S/C80H157NO3/c1-3-5-7-9-11-13-15-17-19-21-23-25-27-29-31-33-35-37-38-39-40-41-42-44-46-48-50-52-54-56-58-60-62-64-66-68-70-72-74-76-80(84)81-78(77-82)79(83)75-73-71-69-67-65-63-61-59-57-55-53-51-49-47-45-43-36-34-32-30-28-26-24-22-20-18-16-14-12-10-8-6-4-2/h21,23,73,75,78-79,82-83H,3-20,22,24-72,74,76-77H2,1-2H3,(H,81,84)/b23-21-,75-73+. The smallest absolute Gasteiger partial charge is 0.220 e. The molecule has 0 aromatic rings. The lowest BCUT2D eigenvalue weighted by molar-refractivity contribution is -0.123. The molecule has 0 aliphatic rings. The van der Waals surface area contributed by atoms with E-state index in [4.69, 9.17) is 0 Å². The highest BCUT2D eigenvalue weighted by Crippen LogP contribution is 2.20. The van der Waals surface area contributed by atoms with E-state index in [1.54, 1.807) is 6.08 Å². The van der Waals surface area contributed by atoms with Gasteiger partial charge in [-0.2, -0.15) is 0 Å². The highest BCUT2D eigenvalue weighted by atomic mass is 16.3. The number of allylic oxidation sites excluding steroid dienone is 3. The average Bonchev–Trinajstić information content (AvgIpc) is 3.51. The monoisotopic (exact) mass is 1180 g/mol. The largest absolute Gasteiger partial charge is 0.394 e. The summed E-state index contributed by atoms with van der Waals surface area (Å²) < 4.78 is 0. The summed E-state index contributed by atoms with van der Waals surface area (Å²) in [7, 11) is 0. The van der Waals surface area contributed by atoms with Crippen molar-refractivity contribution in [2.24, 2.45) is 0 Å². The van der Waals surface area contributed by atoms with E-state index >= 15 is 0 Å². The van der Waals surface area contributed by atoms with E-state index in [-0.39, 0.29) is 12.5 Å². The molecule has 0 rings (SSSR count). The van der Waals surface area contributed by atoms with Crippen molar-refractivity contribution in [2.45, 2.75) is 475 Å². The second-order valence-corrected chi connectivity index (χ2v) is 27.5. The van der Waals surface area contributed by atoms with E-state index in [9.17, 15) is 15.0 Å². The number of rotatable bonds is 75. The summed E-state index contributed by atoms with van der Waals surface area (Å²) in [5.41, 5.74) is 0. The first kappa shape index (κ1) is 82.9. The summed E-state index contributed by atoms with van der Waals surface area (Å²) in [4.78, 5) is 12.6. The molecule has 0 aromatic heterocycles. The van der Waals surface area contributed by atoms with Gasteiger partial charge in [0, 0.05) is 6.42 Å². The third-order valence-corrected chi connectivity index (χ3v) is 18.9. The highest BCUT2D eigenvalue weighted by molar-refractivity contribution is 5.76. The van der Waals surface area contributed by atoms with E-state index < -0.39 is 12.1 Å². The van der Waals surface area contributed by atoms with Crippen LogP contribution >= 0.6 is 0 Å². The minimum Gasteiger partial charge on any atom is -0.394 e. The van der Waals surface area contributed by atoms with Gasteiger partial charge in [0.2, 0.25) is 5.91 Å². The summed E-state index contributed by atoms with van der Waals surface area (Å²) in [6.45, 7) is 4.37. The van der Waals surface area contributed by atoms with Crippen molar-refractivity contribution in [1.82, 2.24) is 5.32 Å². The van der Waals surface area contributed by atoms with Crippen molar-refractivity contribution < 1.29 is 15.0 Å². The first-order chi connectivity index (χ1) is 41.7. The number of hydrogen-bond donors (Lipinski definition) is 3. The molecule has 84 heavy (non-hydrogen) atoms. The zero-order valence-electron chi connectivity index (χ0n) is 58.0. The molecule has 3 N–H and O–H groups in total. The van der Waals surface area contributed by atoms with Crippen LogP contribution in [0.25, 0.3) is 0 Å². The van der Waals surface area contributed by atoms with Crippen molar-refractivity contribution >= 4 is 5.91 Å². The molecule has 4 heteroatoms. The number of hydrogen-bond acceptors (Lipinski definition) is 3. The number of nitrogens with one attached hydrogen (secondary N) is 1. The molecule has 2 atom stereocenters. The zero-order chi connectivity index (χ0) is 60.5. The van der Waals surface area contributed by atoms with Crippen LogP contribution in [0.5, 0.6) is 0 Å². The van der Waals surface area contributed by atoms with Crippen molar-refractivity contribution in [3.63, 3.8) is 0 Å². The van der Waals surface area contributed by atoms with Crippen LogP contribution in [0.15, 0.2) is 24.3 Å². The second kappa shape index (κ2) is 76.1. The summed E-state index contributed by atoms with van der Waals surface area (Å²) in [5.74, 6) is -0.0527. The number of carbonyl (C=O) groups excluding carboxylic acids is 1. The van der Waals surface area contributed by atoms with Gasteiger partial charge in [0.25, 0.3) is 0 Å². The Morgan fingerprint density at radius 3 is 0.655 bits per heavy atom. The van der Waals surface area contributed by atoms with Crippen molar-refractivity contribution in [1.29, 1.82) is 0 Å². The van der Waals surface area contributed by atoms with Crippen LogP contribution < -0.4 is 5.32 Å². The van der Waals surface area contributed by atoms with Gasteiger partial charge < -0.3 is 15.5 Å². The average molecular weight is 1180 g/mol. The van der Waals surface area contributed by atoms with Crippen LogP contribution in [0.1, 0.15) is 463 Å². The van der Waals surface area contributed by atoms with E-state index in [1.165, 1.54) is 417 Å². The van der Waals surface area contributed by atoms with Gasteiger partial charge in [-0.05, 0) is 44.9 Å². The molecule has 0 aliphatic carbocycles. The number of carbonyl (C=O) groups is 1. The van der Waals surface area contributed by atoms with Gasteiger partial charge in [-0.1, -0.05) is 436 Å². The first-order valence-electron chi connectivity index (χ1n) is 39.6. The Bertz CT molecular complexity index is 1250. The molecule has 0 aliphatic heterocycles. The Morgan fingerprint density at radius 2 is 0.452 bits per heavy atom. The molecule has 0 radical (unpaired) electrons. The van der Waals surface area contributed by atoms with E-state index in [1.807, 2.05) is 6.08 Å². The van der Waals surface area contributed by atoms with Crippen LogP contribution in [-0.2, 0) is 4.79 Å². The number of aliphatic hydroxyl groups excluding tert-OH is 2. The van der Waals surface area contributed by atoms with Gasteiger partial charge in [0.05, 0.1) is 18.8 Å². The van der Waals surface area contributed by atoms with Crippen molar-refractivity contribution in [2.75, 3.05) is 6.61 Å². The Hall–Kier alpha value is -1.13. The van der Waals surface area contributed by atoms with Crippen LogP contribution in [0.4, 0.5) is 0 Å². The Balaban J connectivity index is 3.37. The third-order valence-electron chi connectivity index (χ3n) is 18.9. The lowest BCUT2D eigenvalue weighted by Crippen LogP contribution is -2.45.